The number of rotatable bonds is 1. The Hall–Kier alpha value is -0.730. The minimum absolute atomic E-state index is 0.216. The first kappa shape index (κ1) is 8.85. The first-order valence-corrected chi connectivity index (χ1v) is 4.80. The van der Waals surface area contributed by atoms with Gasteiger partial charge in [0.25, 0.3) is 0 Å². The Morgan fingerprint density at radius 1 is 1.46 bits per heavy atom. The van der Waals surface area contributed by atoms with Crippen molar-refractivity contribution in [2.45, 2.75) is 12.0 Å². The van der Waals surface area contributed by atoms with Gasteiger partial charge in [-0.2, -0.15) is 0 Å². The van der Waals surface area contributed by atoms with Crippen molar-refractivity contribution in [3.8, 4) is 5.75 Å². The fourth-order valence-corrected chi connectivity index (χ4v) is 1.86. The van der Waals surface area contributed by atoms with Crippen LogP contribution in [-0.2, 0) is 5.60 Å². The van der Waals surface area contributed by atoms with Gasteiger partial charge >= 0.3 is 0 Å². The van der Waals surface area contributed by atoms with Crippen LogP contribution in [0.3, 0.4) is 0 Å². The third-order valence-corrected chi connectivity index (χ3v) is 2.82. The molecule has 0 bridgehead atoms. The molecule has 0 saturated heterocycles. The number of alkyl halides is 1. The molecule has 0 aliphatic carbocycles. The van der Waals surface area contributed by atoms with Gasteiger partial charge in [-0.3, -0.25) is 0 Å². The van der Waals surface area contributed by atoms with E-state index in [0.29, 0.717) is 13.0 Å². The SMILES string of the molecule is OC1(CCl)CCOc2ccccc21. The monoisotopic (exact) mass is 198 g/mol. The van der Waals surface area contributed by atoms with Crippen molar-refractivity contribution in [2.24, 2.45) is 0 Å². The maximum atomic E-state index is 10.1. The second-order valence-electron chi connectivity index (χ2n) is 3.26. The largest absolute Gasteiger partial charge is 0.493 e. The van der Waals surface area contributed by atoms with Crippen LogP contribution >= 0.6 is 11.6 Å². The fourth-order valence-electron chi connectivity index (χ4n) is 1.58. The normalized spacial score (nSPS) is 26.3. The molecule has 2 nitrogen and oxygen atoms in total. The van der Waals surface area contributed by atoms with Crippen molar-refractivity contribution in [1.29, 1.82) is 0 Å². The van der Waals surface area contributed by atoms with E-state index in [0.717, 1.165) is 11.3 Å². The van der Waals surface area contributed by atoms with Crippen LogP contribution in [0.5, 0.6) is 5.75 Å². The molecule has 13 heavy (non-hydrogen) atoms. The van der Waals surface area contributed by atoms with Gasteiger partial charge in [-0.25, -0.2) is 0 Å². The third kappa shape index (κ3) is 1.40. The van der Waals surface area contributed by atoms with E-state index >= 15 is 0 Å². The smallest absolute Gasteiger partial charge is 0.125 e. The predicted molar refractivity (Wildman–Crippen MR) is 51.2 cm³/mol. The van der Waals surface area contributed by atoms with Gasteiger partial charge < -0.3 is 9.84 Å². The Morgan fingerprint density at radius 3 is 3.00 bits per heavy atom. The van der Waals surface area contributed by atoms with E-state index in [1.54, 1.807) is 0 Å². The van der Waals surface area contributed by atoms with Gasteiger partial charge in [0.2, 0.25) is 0 Å². The molecule has 0 saturated carbocycles. The van der Waals surface area contributed by atoms with E-state index in [4.69, 9.17) is 16.3 Å². The average molecular weight is 199 g/mol. The second-order valence-corrected chi connectivity index (χ2v) is 3.53. The highest BCUT2D eigenvalue weighted by Gasteiger charge is 2.34. The summed E-state index contributed by atoms with van der Waals surface area (Å²) in [5, 5.41) is 10.1. The second kappa shape index (κ2) is 3.20. The standard InChI is InChI=1S/C10H11ClO2/c11-7-10(12)5-6-13-9-4-2-1-3-8(9)10/h1-4,12H,5-7H2. The number of halogens is 1. The van der Waals surface area contributed by atoms with Crippen molar-refractivity contribution in [1.82, 2.24) is 0 Å². The zero-order chi connectivity index (χ0) is 9.31. The molecule has 1 atom stereocenters. The molecule has 1 N–H and O–H groups in total. The van der Waals surface area contributed by atoms with Gasteiger partial charge in [0.15, 0.2) is 0 Å². The van der Waals surface area contributed by atoms with E-state index in [9.17, 15) is 5.11 Å². The molecule has 0 spiro atoms. The van der Waals surface area contributed by atoms with Crippen molar-refractivity contribution in [3.63, 3.8) is 0 Å². The Balaban J connectivity index is 2.48. The Morgan fingerprint density at radius 2 is 2.23 bits per heavy atom. The summed E-state index contributed by atoms with van der Waals surface area (Å²) in [6, 6.07) is 7.48. The third-order valence-electron chi connectivity index (χ3n) is 2.38. The van der Waals surface area contributed by atoms with Crippen molar-refractivity contribution in [2.75, 3.05) is 12.5 Å². The van der Waals surface area contributed by atoms with E-state index in [1.807, 2.05) is 24.3 Å². The lowest BCUT2D eigenvalue weighted by Crippen LogP contribution is -2.34. The number of fused-ring (bicyclic) bond motifs is 1. The molecular formula is C10H11ClO2. The van der Waals surface area contributed by atoms with Gasteiger partial charge in [0, 0.05) is 12.0 Å². The summed E-state index contributed by atoms with van der Waals surface area (Å²) in [6.45, 7) is 0.528. The van der Waals surface area contributed by atoms with E-state index in [1.165, 1.54) is 0 Å². The number of hydrogen-bond acceptors (Lipinski definition) is 2. The number of para-hydroxylation sites is 1. The van der Waals surface area contributed by atoms with Gasteiger partial charge in [-0.15, -0.1) is 11.6 Å². The van der Waals surface area contributed by atoms with Gasteiger partial charge in [-0.05, 0) is 6.07 Å². The molecule has 1 aliphatic heterocycles. The maximum absolute atomic E-state index is 10.1. The van der Waals surface area contributed by atoms with Crippen LogP contribution < -0.4 is 4.74 Å². The summed E-state index contributed by atoms with van der Waals surface area (Å²) in [5.41, 5.74) is -0.104. The predicted octanol–water partition coefficient (Wildman–Crippen LogP) is 1.90. The maximum Gasteiger partial charge on any atom is 0.125 e. The summed E-state index contributed by atoms with van der Waals surface area (Å²) in [4.78, 5) is 0. The van der Waals surface area contributed by atoms with Crippen LogP contribution in [0, 0.1) is 0 Å². The molecular weight excluding hydrogens is 188 g/mol. The quantitative estimate of drug-likeness (QED) is 0.699. The van der Waals surface area contributed by atoms with E-state index in [-0.39, 0.29) is 5.88 Å². The van der Waals surface area contributed by atoms with Crippen LogP contribution in [-0.4, -0.2) is 17.6 Å². The summed E-state index contributed by atoms with van der Waals surface area (Å²) < 4.78 is 5.40. The highest BCUT2D eigenvalue weighted by molar-refractivity contribution is 6.18. The fraction of sp³-hybridized carbons (Fsp3) is 0.400. The molecule has 1 unspecified atom stereocenters. The number of aliphatic hydroxyl groups is 1. The Bertz CT molecular complexity index is 314. The summed E-state index contributed by atoms with van der Waals surface area (Å²) >= 11 is 5.74. The number of benzene rings is 1. The van der Waals surface area contributed by atoms with E-state index < -0.39 is 5.60 Å². The lowest BCUT2D eigenvalue weighted by molar-refractivity contribution is 0.0180. The van der Waals surface area contributed by atoms with Crippen molar-refractivity contribution in [3.05, 3.63) is 29.8 Å². The molecule has 0 radical (unpaired) electrons. The number of hydrogen-bond donors (Lipinski definition) is 1. The highest BCUT2D eigenvalue weighted by Crippen LogP contribution is 2.37. The lowest BCUT2D eigenvalue weighted by Gasteiger charge is -2.32. The summed E-state index contributed by atoms with van der Waals surface area (Å²) in [7, 11) is 0. The molecule has 2 rings (SSSR count). The summed E-state index contributed by atoms with van der Waals surface area (Å²) in [5.74, 6) is 0.963. The van der Waals surface area contributed by atoms with Crippen LogP contribution in [0.25, 0.3) is 0 Å². The molecule has 1 aliphatic rings. The zero-order valence-corrected chi connectivity index (χ0v) is 7.92. The van der Waals surface area contributed by atoms with Crippen LogP contribution in [0.2, 0.25) is 0 Å². The molecule has 70 valence electrons. The minimum atomic E-state index is -0.906. The van der Waals surface area contributed by atoms with E-state index in [2.05, 4.69) is 0 Å². The first-order chi connectivity index (χ1) is 6.26. The molecule has 0 fully saturated rings. The van der Waals surface area contributed by atoms with Crippen molar-refractivity contribution >= 4 is 11.6 Å². The van der Waals surface area contributed by atoms with Crippen LogP contribution in [0.4, 0.5) is 0 Å². The Labute approximate surface area is 82.1 Å². The van der Waals surface area contributed by atoms with Gasteiger partial charge in [-0.1, -0.05) is 18.2 Å². The topological polar surface area (TPSA) is 29.5 Å². The minimum Gasteiger partial charge on any atom is -0.493 e. The molecule has 1 aromatic rings. The lowest BCUT2D eigenvalue weighted by atomic mass is 9.90. The van der Waals surface area contributed by atoms with Gasteiger partial charge in [0.05, 0.1) is 12.5 Å². The Kier molecular flexibility index (Phi) is 2.18. The molecule has 0 aromatic heterocycles. The first-order valence-electron chi connectivity index (χ1n) is 4.27. The molecule has 1 heterocycles. The zero-order valence-electron chi connectivity index (χ0n) is 7.16. The molecule has 1 aromatic carbocycles. The average Bonchev–Trinajstić information content (AvgIpc) is 2.19. The molecule has 3 heteroatoms. The van der Waals surface area contributed by atoms with Crippen LogP contribution in [0.1, 0.15) is 12.0 Å². The van der Waals surface area contributed by atoms with Gasteiger partial charge in [0.1, 0.15) is 11.4 Å². The highest BCUT2D eigenvalue weighted by atomic mass is 35.5. The molecule has 0 amide bonds. The van der Waals surface area contributed by atoms with Crippen molar-refractivity contribution < 1.29 is 9.84 Å². The summed E-state index contributed by atoms with van der Waals surface area (Å²) in [6.07, 6.45) is 0.563. The van der Waals surface area contributed by atoms with Crippen LogP contribution in [0.15, 0.2) is 24.3 Å². The number of ether oxygens (including phenoxy) is 1.